The molecule has 2 aromatic rings. The molecule has 1 N–H and O–H groups in total. The number of carbonyl (C=O) groups excluding carboxylic acids is 1. The Balaban J connectivity index is 1.56. The Morgan fingerprint density at radius 1 is 1.62 bits per heavy atom. The molecule has 0 spiro atoms. The SMILES string of the molecule is Cc1cn2c(n1)CC[C@@H](NC(=O)[C@@H](C)Cc1cccs1)C2. The Bertz CT molecular complexity index is 618. The summed E-state index contributed by atoms with van der Waals surface area (Å²) in [6.45, 7) is 4.86. The molecule has 3 rings (SSSR count). The Labute approximate surface area is 129 Å². The van der Waals surface area contributed by atoms with Crippen LogP contribution in [0.15, 0.2) is 23.7 Å². The second-order valence-electron chi connectivity index (χ2n) is 5.88. The van der Waals surface area contributed by atoms with Crippen LogP contribution >= 0.6 is 11.3 Å². The van der Waals surface area contributed by atoms with Crippen molar-refractivity contribution in [1.29, 1.82) is 0 Å². The highest BCUT2D eigenvalue weighted by atomic mass is 32.1. The van der Waals surface area contributed by atoms with Crippen molar-refractivity contribution in [2.24, 2.45) is 5.92 Å². The van der Waals surface area contributed by atoms with Gasteiger partial charge < -0.3 is 9.88 Å². The molecule has 4 nitrogen and oxygen atoms in total. The van der Waals surface area contributed by atoms with Gasteiger partial charge in [0, 0.05) is 36.0 Å². The van der Waals surface area contributed by atoms with Crippen LogP contribution in [0.4, 0.5) is 0 Å². The number of carbonyl (C=O) groups is 1. The molecule has 5 heteroatoms. The fourth-order valence-corrected chi connectivity index (χ4v) is 3.71. The first kappa shape index (κ1) is 14.3. The van der Waals surface area contributed by atoms with Crippen LogP contribution in [0, 0.1) is 12.8 Å². The zero-order valence-electron chi connectivity index (χ0n) is 12.5. The van der Waals surface area contributed by atoms with Crippen molar-refractivity contribution >= 4 is 17.2 Å². The minimum atomic E-state index is 0.0228. The van der Waals surface area contributed by atoms with Crippen LogP contribution < -0.4 is 5.32 Å². The van der Waals surface area contributed by atoms with Gasteiger partial charge in [-0.2, -0.15) is 0 Å². The maximum atomic E-state index is 12.3. The molecule has 1 amide bonds. The van der Waals surface area contributed by atoms with E-state index >= 15 is 0 Å². The van der Waals surface area contributed by atoms with Crippen LogP contribution in [0.2, 0.25) is 0 Å². The molecule has 0 saturated carbocycles. The zero-order chi connectivity index (χ0) is 14.8. The van der Waals surface area contributed by atoms with Gasteiger partial charge in [0.1, 0.15) is 5.82 Å². The molecule has 0 aliphatic carbocycles. The number of fused-ring (bicyclic) bond motifs is 1. The first-order chi connectivity index (χ1) is 10.1. The number of amides is 1. The number of nitrogens with zero attached hydrogens (tertiary/aromatic N) is 2. The molecule has 0 bridgehead atoms. The highest BCUT2D eigenvalue weighted by Gasteiger charge is 2.23. The third-order valence-corrected chi connectivity index (χ3v) is 4.89. The van der Waals surface area contributed by atoms with Crippen molar-refractivity contribution in [1.82, 2.24) is 14.9 Å². The smallest absolute Gasteiger partial charge is 0.223 e. The molecular weight excluding hydrogens is 282 g/mol. The maximum absolute atomic E-state index is 12.3. The summed E-state index contributed by atoms with van der Waals surface area (Å²) in [6, 6.07) is 4.36. The van der Waals surface area contributed by atoms with Gasteiger partial charge in [-0.1, -0.05) is 13.0 Å². The molecule has 0 unspecified atom stereocenters. The van der Waals surface area contributed by atoms with Crippen LogP contribution in [-0.4, -0.2) is 21.5 Å². The number of imidazole rings is 1. The van der Waals surface area contributed by atoms with Gasteiger partial charge in [0.05, 0.1) is 5.69 Å². The molecule has 3 heterocycles. The van der Waals surface area contributed by atoms with Gasteiger partial charge in [0.2, 0.25) is 5.91 Å². The number of rotatable bonds is 4. The van der Waals surface area contributed by atoms with Crippen LogP contribution in [0.5, 0.6) is 0 Å². The highest BCUT2D eigenvalue weighted by Crippen LogP contribution is 2.17. The Hall–Kier alpha value is -1.62. The fourth-order valence-electron chi connectivity index (χ4n) is 2.87. The predicted octanol–water partition coefficient (Wildman–Crippen LogP) is 2.56. The van der Waals surface area contributed by atoms with Gasteiger partial charge in [-0.15, -0.1) is 11.3 Å². The van der Waals surface area contributed by atoms with E-state index in [1.807, 2.05) is 19.9 Å². The average molecular weight is 303 g/mol. The van der Waals surface area contributed by atoms with Gasteiger partial charge >= 0.3 is 0 Å². The summed E-state index contributed by atoms with van der Waals surface area (Å²) in [4.78, 5) is 18.1. The van der Waals surface area contributed by atoms with Crippen LogP contribution in [-0.2, 0) is 24.2 Å². The normalized spacial score (nSPS) is 19.0. The lowest BCUT2D eigenvalue weighted by Gasteiger charge is -2.26. The third-order valence-electron chi connectivity index (χ3n) is 3.99. The molecule has 0 radical (unpaired) electrons. The van der Waals surface area contributed by atoms with E-state index in [1.165, 1.54) is 4.88 Å². The highest BCUT2D eigenvalue weighted by molar-refractivity contribution is 7.09. The first-order valence-corrected chi connectivity index (χ1v) is 8.35. The molecule has 0 saturated heterocycles. The number of thiophene rings is 1. The van der Waals surface area contributed by atoms with Gasteiger partial charge in [-0.05, 0) is 31.2 Å². The Morgan fingerprint density at radius 3 is 3.24 bits per heavy atom. The summed E-state index contributed by atoms with van der Waals surface area (Å²) in [5.41, 5.74) is 1.06. The molecule has 0 aromatic carbocycles. The minimum absolute atomic E-state index is 0.0228. The van der Waals surface area contributed by atoms with Crippen molar-refractivity contribution < 1.29 is 4.79 Å². The molecule has 112 valence electrons. The summed E-state index contributed by atoms with van der Waals surface area (Å²) < 4.78 is 2.17. The number of aromatic nitrogens is 2. The lowest BCUT2D eigenvalue weighted by molar-refractivity contribution is -0.125. The first-order valence-electron chi connectivity index (χ1n) is 7.47. The second kappa shape index (κ2) is 6.02. The van der Waals surface area contributed by atoms with E-state index in [0.29, 0.717) is 0 Å². The molecule has 21 heavy (non-hydrogen) atoms. The Kier molecular flexibility index (Phi) is 4.10. The molecule has 2 atom stereocenters. The summed E-state index contributed by atoms with van der Waals surface area (Å²) in [7, 11) is 0. The summed E-state index contributed by atoms with van der Waals surface area (Å²) in [6.07, 6.45) is 4.82. The predicted molar refractivity (Wildman–Crippen MR) is 84.4 cm³/mol. The number of hydrogen-bond acceptors (Lipinski definition) is 3. The minimum Gasteiger partial charge on any atom is -0.351 e. The van der Waals surface area contributed by atoms with Crippen molar-refractivity contribution in [3.63, 3.8) is 0 Å². The quantitative estimate of drug-likeness (QED) is 0.943. The van der Waals surface area contributed by atoms with Crippen LogP contribution in [0.25, 0.3) is 0 Å². The van der Waals surface area contributed by atoms with E-state index in [0.717, 1.165) is 37.3 Å². The summed E-state index contributed by atoms with van der Waals surface area (Å²) >= 11 is 1.72. The Morgan fingerprint density at radius 2 is 2.48 bits per heavy atom. The van der Waals surface area contributed by atoms with Crippen molar-refractivity contribution in [3.8, 4) is 0 Å². The largest absolute Gasteiger partial charge is 0.351 e. The number of aryl methyl sites for hydroxylation is 2. The lowest BCUT2D eigenvalue weighted by atomic mass is 10.0. The maximum Gasteiger partial charge on any atom is 0.223 e. The standard InChI is InChI=1S/C16H21N3OS/c1-11(8-14-4-3-7-21-14)16(20)18-13-5-6-15-17-12(2)9-19(15)10-13/h3-4,7,9,11,13H,5-6,8,10H2,1-2H3,(H,18,20)/t11-,13+/m0/s1. The molecule has 2 aromatic heterocycles. The van der Waals surface area contributed by atoms with E-state index in [9.17, 15) is 4.79 Å². The number of nitrogens with one attached hydrogen (secondary N) is 1. The monoisotopic (exact) mass is 303 g/mol. The lowest BCUT2D eigenvalue weighted by Crippen LogP contribution is -2.43. The van der Waals surface area contributed by atoms with Crippen LogP contribution in [0.1, 0.15) is 29.7 Å². The average Bonchev–Trinajstić information content (AvgIpc) is 3.06. The van der Waals surface area contributed by atoms with E-state index in [-0.39, 0.29) is 17.9 Å². The van der Waals surface area contributed by atoms with Gasteiger partial charge in [-0.3, -0.25) is 4.79 Å². The van der Waals surface area contributed by atoms with E-state index < -0.39 is 0 Å². The van der Waals surface area contributed by atoms with E-state index in [2.05, 4.69) is 32.5 Å². The van der Waals surface area contributed by atoms with Gasteiger partial charge in [0.25, 0.3) is 0 Å². The summed E-state index contributed by atoms with van der Waals surface area (Å²) in [5, 5.41) is 5.26. The molecule has 0 fully saturated rings. The van der Waals surface area contributed by atoms with E-state index in [4.69, 9.17) is 0 Å². The zero-order valence-corrected chi connectivity index (χ0v) is 13.3. The van der Waals surface area contributed by atoms with Crippen molar-refractivity contribution in [2.45, 2.75) is 45.7 Å². The van der Waals surface area contributed by atoms with Crippen molar-refractivity contribution in [2.75, 3.05) is 0 Å². The fraction of sp³-hybridized carbons (Fsp3) is 0.500. The van der Waals surface area contributed by atoms with Crippen molar-refractivity contribution in [3.05, 3.63) is 40.1 Å². The second-order valence-corrected chi connectivity index (χ2v) is 6.91. The van der Waals surface area contributed by atoms with Gasteiger partial charge in [0.15, 0.2) is 0 Å². The third kappa shape index (κ3) is 3.35. The summed E-state index contributed by atoms with van der Waals surface area (Å²) in [5.74, 6) is 1.33. The molecule has 1 aliphatic heterocycles. The molecule has 1 aliphatic rings. The van der Waals surface area contributed by atoms with Crippen LogP contribution in [0.3, 0.4) is 0 Å². The van der Waals surface area contributed by atoms with Gasteiger partial charge in [-0.25, -0.2) is 4.98 Å². The topological polar surface area (TPSA) is 46.9 Å². The number of hydrogen-bond donors (Lipinski definition) is 1. The van der Waals surface area contributed by atoms with E-state index in [1.54, 1.807) is 11.3 Å². The molecular formula is C16H21N3OS.